The van der Waals surface area contributed by atoms with Crippen molar-refractivity contribution in [1.82, 2.24) is 0 Å². The Morgan fingerprint density at radius 1 is 1.05 bits per heavy atom. The highest BCUT2D eigenvalue weighted by Gasteiger charge is 2.18. The Kier molecular flexibility index (Phi) is 5.35. The molecule has 4 nitrogen and oxygen atoms in total. The number of carboxylic acids is 1. The van der Waals surface area contributed by atoms with Gasteiger partial charge in [-0.2, -0.15) is 0 Å². The monoisotopic (exact) mass is 286 g/mol. The third-order valence-corrected chi connectivity index (χ3v) is 3.05. The van der Waals surface area contributed by atoms with E-state index in [1.165, 1.54) is 12.7 Å². The van der Waals surface area contributed by atoms with Crippen molar-refractivity contribution in [2.75, 3.05) is 13.7 Å². The van der Waals surface area contributed by atoms with Gasteiger partial charge in [0.25, 0.3) is 0 Å². The van der Waals surface area contributed by atoms with Crippen LogP contribution in [0, 0.1) is 0 Å². The third kappa shape index (κ3) is 4.61. The number of hydrogen-bond donors (Lipinski definition) is 1. The molecule has 0 aliphatic carbocycles. The minimum absolute atomic E-state index is 0.0150. The number of aliphatic carboxylic acids is 1. The summed E-state index contributed by atoms with van der Waals surface area (Å²) in [5, 5.41) is 9.01. The average molecular weight is 286 g/mol. The van der Waals surface area contributed by atoms with E-state index in [1.54, 1.807) is 12.1 Å². The Bertz CT molecular complexity index is 563. The van der Waals surface area contributed by atoms with Crippen LogP contribution in [0.25, 0.3) is 0 Å². The molecule has 2 rings (SSSR count). The topological polar surface area (TPSA) is 55.8 Å². The maximum absolute atomic E-state index is 11.0. The molecule has 0 heterocycles. The molecule has 0 saturated heterocycles. The standard InChI is InChI=1S/C17H18O4/c1-20-12-16(17(18)19)21-15-9-7-14(8-10-15)11-13-5-3-2-4-6-13/h2-10,16H,11-12H2,1H3,(H,18,19). The van der Waals surface area contributed by atoms with Gasteiger partial charge in [0.2, 0.25) is 6.10 Å². The smallest absolute Gasteiger partial charge is 0.347 e. The molecule has 110 valence electrons. The van der Waals surface area contributed by atoms with Crippen LogP contribution < -0.4 is 4.74 Å². The van der Waals surface area contributed by atoms with Gasteiger partial charge in [-0.25, -0.2) is 4.79 Å². The molecule has 0 aliphatic heterocycles. The first-order valence-electron chi connectivity index (χ1n) is 6.70. The molecule has 2 aromatic rings. The van der Waals surface area contributed by atoms with Crippen molar-refractivity contribution in [3.63, 3.8) is 0 Å². The fraction of sp³-hybridized carbons (Fsp3) is 0.235. The predicted molar refractivity (Wildman–Crippen MR) is 79.6 cm³/mol. The molecular weight excluding hydrogens is 268 g/mol. The first-order valence-corrected chi connectivity index (χ1v) is 6.70. The second-order valence-corrected chi connectivity index (χ2v) is 4.71. The van der Waals surface area contributed by atoms with Crippen molar-refractivity contribution >= 4 is 5.97 Å². The molecule has 1 atom stereocenters. The van der Waals surface area contributed by atoms with Gasteiger partial charge in [0.05, 0.1) is 6.61 Å². The van der Waals surface area contributed by atoms with Gasteiger partial charge in [0.1, 0.15) is 5.75 Å². The summed E-state index contributed by atoms with van der Waals surface area (Å²) in [6.07, 6.45) is -0.156. The zero-order valence-electron chi connectivity index (χ0n) is 11.9. The van der Waals surface area contributed by atoms with E-state index in [0.717, 1.165) is 12.0 Å². The van der Waals surface area contributed by atoms with E-state index in [-0.39, 0.29) is 6.61 Å². The summed E-state index contributed by atoms with van der Waals surface area (Å²) in [7, 11) is 1.45. The number of rotatable bonds is 7. The van der Waals surface area contributed by atoms with Crippen LogP contribution in [0.4, 0.5) is 0 Å². The number of benzene rings is 2. The van der Waals surface area contributed by atoms with Gasteiger partial charge in [-0.1, -0.05) is 42.5 Å². The summed E-state index contributed by atoms with van der Waals surface area (Å²) in [5.41, 5.74) is 2.38. The molecule has 0 aliphatic rings. The Hall–Kier alpha value is -2.33. The maximum Gasteiger partial charge on any atom is 0.347 e. The van der Waals surface area contributed by atoms with E-state index in [4.69, 9.17) is 14.6 Å². The molecule has 0 spiro atoms. The van der Waals surface area contributed by atoms with Crippen molar-refractivity contribution in [2.45, 2.75) is 12.5 Å². The van der Waals surface area contributed by atoms with Gasteiger partial charge in [0.15, 0.2) is 0 Å². The lowest BCUT2D eigenvalue weighted by Gasteiger charge is -2.14. The third-order valence-electron chi connectivity index (χ3n) is 3.05. The highest BCUT2D eigenvalue weighted by molar-refractivity contribution is 5.72. The van der Waals surface area contributed by atoms with Crippen molar-refractivity contribution in [1.29, 1.82) is 0 Å². The molecule has 4 heteroatoms. The first kappa shape index (κ1) is 15.1. The normalized spacial score (nSPS) is 11.9. The summed E-state index contributed by atoms with van der Waals surface area (Å²) in [5.74, 6) is -0.513. The molecule has 0 fully saturated rings. The molecule has 21 heavy (non-hydrogen) atoms. The van der Waals surface area contributed by atoms with Crippen LogP contribution in [0.1, 0.15) is 11.1 Å². The zero-order chi connectivity index (χ0) is 15.1. The molecule has 2 aromatic carbocycles. The number of methoxy groups -OCH3 is 1. The Morgan fingerprint density at radius 3 is 2.24 bits per heavy atom. The van der Waals surface area contributed by atoms with Crippen molar-refractivity contribution < 1.29 is 19.4 Å². The fourth-order valence-corrected chi connectivity index (χ4v) is 1.99. The molecule has 0 bridgehead atoms. The van der Waals surface area contributed by atoms with Crippen molar-refractivity contribution in [3.8, 4) is 5.75 Å². The van der Waals surface area contributed by atoms with Gasteiger partial charge in [0, 0.05) is 7.11 Å². The van der Waals surface area contributed by atoms with Crippen LogP contribution in [0.15, 0.2) is 54.6 Å². The molecule has 0 radical (unpaired) electrons. The lowest BCUT2D eigenvalue weighted by molar-refractivity contribution is -0.147. The van der Waals surface area contributed by atoms with Gasteiger partial charge < -0.3 is 14.6 Å². The fourth-order valence-electron chi connectivity index (χ4n) is 1.99. The SMILES string of the molecule is COCC(Oc1ccc(Cc2ccccc2)cc1)C(=O)O. The summed E-state index contributed by atoms with van der Waals surface area (Å²) in [6, 6.07) is 17.6. The molecule has 0 aromatic heterocycles. The second-order valence-electron chi connectivity index (χ2n) is 4.71. The van der Waals surface area contributed by atoms with E-state index < -0.39 is 12.1 Å². The zero-order valence-corrected chi connectivity index (χ0v) is 11.9. The van der Waals surface area contributed by atoms with Crippen LogP contribution >= 0.6 is 0 Å². The predicted octanol–water partition coefficient (Wildman–Crippen LogP) is 2.76. The molecule has 1 unspecified atom stereocenters. The first-order chi connectivity index (χ1) is 10.2. The average Bonchev–Trinajstić information content (AvgIpc) is 2.49. The molecule has 0 amide bonds. The van der Waals surface area contributed by atoms with Gasteiger partial charge in [-0.3, -0.25) is 0 Å². The number of ether oxygens (including phenoxy) is 2. The Morgan fingerprint density at radius 2 is 1.67 bits per heavy atom. The number of carboxylic acid groups (broad SMARTS) is 1. The maximum atomic E-state index is 11.0. The summed E-state index contributed by atoms with van der Waals surface area (Å²) < 4.78 is 10.2. The highest BCUT2D eigenvalue weighted by atomic mass is 16.5. The highest BCUT2D eigenvalue weighted by Crippen LogP contribution is 2.16. The largest absolute Gasteiger partial charge is 0.478 e. The summed E-state index contributed by atoms with van der Waals surface area (Å²) in [4.78, 5) is 11.0. The minimum Gasteiger partial charge on any atom is -0.478 e. The Balaban J connectivity index is 2.00. The minimum atomic E-state index is -1.04. The lowest BCUT2D eigenvalue weighted by Crippen LogP contribution is -2.31. The van der Waals surface area contributed by atoms with Gasteiger partial charge in [-0.05, 0) is 29.7 Å². The van der Waals surface area contributed by atoms with Crippen LogP contribution in [-0.2, 0) is 16.0 Å². The second kappa shape index (κ2) is 7.45. The van der Waals surface area contributed by atoms with E-state index in [2.05, 4.69) is 12.1 Å². The van der Waals surface area contributed by atoms with Crippen LogP contribution in [0.3, 0.4) is 0 Å². The van der Waals surface area contributed by atoms with Gasteiger partial charge >= 0.3 is 5.97 Å². The molecule has 0 saturated carbocycles. The Labute approximate surface area is 123 Å². The van der Waals surface area contributed by atoms with Crippen molar-refractivity contribution in [2.24, 2.45) is 0 Å². The van der Waals surface area contributed by atoms with Crippen LogP contribution in [0.5, 0.6) is 5.75 Å². The van der Waals surface area contributed by atoms with Crippen molar-refractivity contribution in [3.05, 3.63) is 65.7 Å². The summed E-state index contributed by atoms with van der Waals surface area (Å²) in [6.45, 7) is 0.0150. The van der Waals surface area contributed by atoms with E-state index >= 15 is 0 Å². The number of carbonyl (C=O) groups is 1. The number of hydrogen-bond acceptors (Lipinski definition) is 3. The van der Waals surface area contributed by atoms with E-state index in [9.17, 15) is 4.79 Å². The van der Waals surface area contributed by atoms with E-state index in [1.807, 2.05) is 30.3 Å². The lowest BCUT2D eigenvalue weighted by atomic mass is 10.1. The molecular formula is C17H18O4. The van der Waals surface area contributed by atoms with Crippen LogP contribution in [-0.4, -0.2) is 30.9 Å². The molecule has 1 N–H and O–H groups in total. The van der Waals surface area contributed by atoms with E-state index in [0.29, 0.717) is 5.75 Å². The quantitative estimate of drug-likeness (QED) is 0.850. The van der Waals surface area contributed by atoms with Gasteiger partial charge in [-0.15, -0.1) is 0 Å². The van der Waals surface area contributed by atoms with Crippen LogP contribution in [0.2, 0.25) is 0 Å². The summed E-state index contributed by atoms with van der Waals surface area (Å²) >= 11 is 0.